The summed E-state index contributed by atoms with van der Waals surface area (Å²) in [6.45, 7) is -1.28. The molecule has 1 saturated carbocycles. The van der Waals surface area contributed by atoms with Crippen LogP contribution in [0.15, 0.2) is 0 Å². The maximum Gasteiger partial charge on any atom is 0.435 e. The normalized spacial score (nSPS) is 29.0. The Labute approximate surface area is 153 Å². The molecule has 1 fully saturated rings. The first-order valence-electron chi connectivity index (χ1n) is 7.48. The van der Waals surface area contributed by atoms with Gasteiger partial charge in [-0.2, -0.15) is 43.9 Å². The Hall–Kier alpha value is -1.45. The average molecular weight is 460 g/mol. The number of hydrogen-bond donors (Lipinski definition) is 2. The highest BCUT2D eigenvalue weighted by atomic mass is 19.4. The summed E-state index contributed by atoms with van der Waals surface area (Å²) in [6.07, 6.45) is -32.8. The van der Waals surface area contributed by atoms with Gasteiger partial charge in [-0.1, -0.05) is 6.42 Å². The Morgan fingerprint density at radius 3 is 1.59 bits per heavy atom. The molecule has 0 heterocycles. The van der Waals surface area contributed by atoms with Crippen LogP contribution in [0, 0.1) is 5.92 Å². The molecule has 4 nitrogen and oxygen atoms in total. The van der Waals surface area contributed by atoms with Crippen LogP contribution in [0.4, 0.5) is 52.7 Å². The van der Waals surface area contributed by atoms with E-state index in [4.69, 9.17) is 10.2 Å². The second-order valence-electron chi connectivity index (χ2n) is 6.35. The van der Waals surface area contributed by atoms with Crippen molar-refractivity contribution < 1.29 is 72.4 Å². The summed E-state index contributed by atoms with van der Waals surface area (Å²) in [5.74, 6) is -4.24. The topological polar surface area (TPSA) is 66.8 Å². The van der Waals surface area contributed by atoms with Crippen molar-refractivity contribution in [2.24, 2.45) is 5.92 Å². The van der Waals surface area contributed by atoms with Crippen molar-refractivity contribution in [1.82, 2.24) is 0 Å². The first-order chi connectivity index (χ1) is 12.6. The summed E-state index contributed by atoms with van der Waals surface area (Å²) in [6, 6.07) is 0. The van der Waals surface area contributed by atoms with E-state index >= 15 is 0 Å². The highest BCUT2D eigenvalue weighted by molar-refractivity contribution is 5.41. The summed E-state index contributed by atoms with van der Waals surface area (Å²) in [7, 11) is 0. The van der Waals surface area contributed by atoms with Gasteiger partial charge in [-0.15, -0.1) is 0 Å². The molecule has 0 aromatic carbocycles. The number of hydrogen-bond acceptors (Lipinski definition) is 4. The molecule has 16 heteroatoms. The molecule has 0 aromatic heterocycles. The zero-order chi connectivity index (χ0) is 23.3. The van der Waals surface area contributed by atoms with Gasteiger partial charge >= 0.3 is 35.9 Å². The van der Waals surface area contributed by atoms with E-state index in [1.165, 1.54) is 0 Å². The molecule has 2 N–H and O–H groups in total. The van der Waals surface area contributed by atoms with Crippen molar-refractivity contribution in [1.29, 1.82) is 0 Å². The first-order valence-corrected chi connectivity index (χ1v) is 7.48. The zero-order valence-electron chi connectivity index (χ0n) is 13.7. The molecule has 0 radical (unpaired) electrons. The number of carbonyl (C=O) groups excluding carboxylic acids is 1. The van der Waals surface area contributed by atoms with E-state index in [-0.39, 0.29) is 0 Å². The SMILES string of the molecule is O=COC1(C(F)(C(O)(F)F)C(F)(F)F)CCCCC1C(F)(C(O)(F)F)C(F)(F)F. The largest absolute Gasteiger partial charge is 0.457 e. The van der Waals surface area contributed by atoms with E-state index in [1.54, 1.807) is 0 Å². The average Bonchev–Trinajstić information content (AvgIpc) is 2.49. The van der Waals surface area contributed by atoms with Crippen LogP contribution in [-0.4, -0.2) is 58.2 Å². The number of aliphatic hydroxyl groups is 2. The van der Waals surface area contributed by atoms with Crippen LogP contribution in [0.1, 0.15) is 25.7 Å². The van der Waals surface area contributed by atoms with E-state index < -0.39 is 79.6 Å². The van der Waals surface area contributed by atoms with Crippen molar-refractivity contribution in [3.63, 3.8) is 0 Å². The van der Waals surface area contributed by atoms with Crippen molar-refractivity contribution in [3.05, 3.63) is 0 Å². The molecule has 29 heavy (non-hydrogen) atoms. The van der Waals surface area contributed by atoms with Gasteiger partial charge in [0.1, 0.15) is 0 Å². The third-order valence-electron chi connectivity index (χ3n) is 4.83. The van der Waals surface area contributed by atoms with Gasteiger partial charge in [0.15, 0.2) is 5.60 Å². The molecule has 0 aliphatic heterocycles. The van der Waals surface area contributed by atoms with E-state index in [0.717, 1.165) is 0 Å². The van der Waals surface area contributed by atoms with Crippen LogP contribution in [0.3, 0.4) is 0 Å². The fourth-order valence-corrected chi connectivity index (χ4v) is 3.63. The predicted molar refractivity (Wildman–Crippen MR) is 66.0 cm³/mol. The molecular weight excluding hydrogens is 448 g/mol. The number of ether oxygens (including phenoxy) is 1. The lowest BCUT2D eigenvalue weighted by Crippen LogP contribution is -2.78. The molecule has 0 saturated heterocycles. The lowest BCUT2D eigenvalue weighted by atomic mass is 9.60. The molecule has 172 valence electrons. The van der Waals surface area contributed by atoms with Gasteiger partial charge in [0.2, 0.25) is 0 Å². The van der Waals surface area contributed by atoms with Gasteiger partial charge in [-0.3, -0.25) is 4.79 Å². The second kappa shape index (κ2) is 7.06. The monoisotopic (exact) mass is 460 g/mol. The molecule has 1 aliphatic rings. The summed E-state index contributed by atoms with van der Waals surface area (Å²) in [5, 5.41) is 17.0. The predicted octanol–water partition coefficient (Wildman–Crippen LogP) is 3.80. The Bertz CT molecular complexity index is 577. The molecule has 4 atom stereocenters. The van der Waals surface area contributed by atoms with E-state index in [9.17, 15) is 57.5 Å². The molecule has 0 bridgehead atoms. The number of rotatable bonds is 6. The van der Waals surface area contributed by atoms with Gasteiger partial charge in [0, 0.05) is 0 Å². The Kier molecular flexibility index (Phi) is 6.23. The van der Waals surface area contributed by atoms with Crippen molar-refractivity contribution in [3.8, 4) is 0 Å². The third kappa shape index (κ3) is 3.51. The Morgan fingerprint density at radius 2 is 1.28 bits per heavy atom. The van der Waals surface area contributed by atoms with E-state index in [1.807, 2.05) is 0 Å². The lowest BCUT2D eigenvalue weighted by Gasteiger charge is -2.54. The maximum atomic E-state index is 14.8. The van der Waals surface area contributed by atoms with Gasteiger partial charge in [0.25, 0.3) is 6.47 Å². The zero-order valence-corrected chi connectivity index (χ0v) is 13.7. The smallest absolute Gasteiger partial charge is 0.435 e. The molecule has 0 aromatic rings. The minimum absolute atomic E-state index is 0.836. The quantitative estimate of drug-likeness (QED) is 0.468. The number of alkyl halides is 12. The molecule has 0 amide bonds. The molecule has 1 rings (SSSR count). The summed E-state index contributed by atoms with van der Waals surface area (Å²) >= 11 is 0. The van der Waals surface area contributed by atoms with Crippen LogP contribution in [0.25, 0.3) is 0 Å². The van der Waals surface area contributed by atoms with Gasteiger partial charge in [-0.05, 0) is 19.3 Å². The van der Waals surface area contributed by atoms with Crippen molar-refractivity contribution >= 4 is 6.47 Å². The van der Waals surface area contributed by atoms with E-state index in [0.29, 0.717) is 0 Å². The highest BCUT2D eigenvalue weighted by Crippen LogP contribution is 2.64. The van der Waals surface area contributed by atoms with Crippen LogP contribution in [0.2, 0.25) is 0 Å². The minimum Gasteiger partial charge on any atom is -0.457 e. The maximum absolute atomic E-state index is 14.8. The van der Waals surface area contributed by atoms with E-state index in [2.05, 4.69) is 4.74 Å². The third-order valence-corrected chi connectivity index (χ3v) is 4.83. The number of halogens is 12. The van der Waals surface area contributed by atoms with Gasteiger partial charge < -0.3 is 14.9 Å². The van der Waals surface area contributed by atoms with Crippen molar-refractivity contribution in [2.75, 3.05) is 0 Å². The van der Waals surface area contributed by atoms with Crippen molar-refractivity contribution in [2.45, 2.75) is 67.2 Å². The summed E-state index contributed by atoms with van der Waals surface area (Å²) < 4.78 is 165. The number of carbonyl (C=O) groups is 1. The lowest BCUT2D eigenvalue weighted by molar-refractivity contribution is -0.445. The van der Waals surface area contributed by atoms with Gasteiger partial charge in [0.05, 0.1) is 5.92 Å². The molecular formula is C13H12F12O4. The fourth-order valence-electron chi connectivity index (χ4n) is 3.63. The van der Waals surface area contributed by atoms with Crippen LogP contribution < -0.4 is 0 Å². The Balaban J connectivity index is 4.06. The molecule has 0 spiro atoms. The molecule has 1 aliphatic carbocycles. The van der Waals surface area contributed by atoms with Crippen LogP contribution >= 0.6 is 0 Å². The standard InChI is InChI=1S/C13H12F12O4/c14-8(10(16,17)18,12(22,23)27)6-3-1-2-4-7(6,29-5-26)9(15,11(19,20)21)13(24,25)28/h5-6,27-28H,1-4H2. The highest BCUT2D eigenvalue weighted by Gasteiger charge is 2.89. The minimum atomic E-state index is -7.05. The summed E-state index contributed by atoms with van der Waals surface area (Å²) in [5.41, 5.74) is -18.2. The summed E-state index contributed by atoms with van der Waals surface area (Å²) in [4.78, 5) is 10.6. The Morgan fingerprint density at radius 1 is 0.793 bits per heavy atom. The van der Waals surface area contributed by atoms with Gasteiger partial charge in [-0.25, -0.2) is 8.78 Å². The van der Waals surface area contributed by atoms with Crippen LogP contribution in [0.5, 0.6) is 0 Å². The molecule has 4 unspecified atom stereocenters. The van der Waals surface area contributed by atoms with Crippen LogP contribution in [-0.2, 0) is 9.53 Å². The fraction of sp³-hybridized carbons (Fsp3) is 0.923. The second-order valence-corrected chi connectivity index (χ2v) is 6.35. The first kappa shape index (κ1) is 25.6.